The molecule has 80 valence electrons. The summed E-state index contributed by atoms with van der Waals surface area (Å²) < 4.78 is 0. The SMILES string of the molecule is C[C@H](N)C(=O)NC(CC(=O)O)C(N)=O. The van der Waals surface area contributed by atoms with Gasteiger partial charge in [0.05, 0.1) is 12.5 Å². The third-order valence-electron chi connectivity index (χ3n) is 1.45. The Morgan fingerprint density at radius 3 is 2.21 bits per heavy atom. The highest BCUT2D eigenvalue weighted by atomic mass is 16.4. The first-order valence-electron chi connectivity index (χ1n) is 3.91. The van der Waals surface area contributed by atoms with Crippen molar-refractivity contribution in [2.75, 3.05) is 0 Å². The van der Waals surface area contributed by atoms with Crippen molar-refractivity contribution < 1.29 is 19.5 Å². The molecule has 7 nitrogen and oxygen atoms in total. The van der Waals surface area contributed by atoms with E-state index in [0.29, 0.717) is 0 Å². The van der Waals surface area contributed by atoms with Crippen LogP contribution < -0.4 is 16.8 Å². The van der Waals surface area contributed by atoms with Gasteiger partial charge in [-0.2, -0.15) is 0 Å². The molecule has 0 aliphatic rings. The predicted molar refractivity (Wildman–Crippen MR) is 47.0 cm³/mol. The lowest BCUT2D eigenvalue weighted by atomic mass is 10.2. The van der Waals surface area contributed by atoms with Crippen LogP contribution in [0.15, 0.2) is 0 Å². The standard InChI is InChI=1S/C7H13N3O4/c1-3(8)7(14)10-4(6(9)13)2-5(11)12/h3-4H,2,8H2,1H3,(H2,9,13)(H,10,14)(H,11,12)/t3-,4?/m0/s1. The average molecular weight is 203 g/mol. The van der Waals surface area contributed by atoms with Crippen molar-refractivity contribution >= 4 is 17.8 Å². The largest absolute Gasteiger partial charge is 0.481 e. The van der Waals surface area contributed by atoms with Crippen molar-refractivity contribution in [3.05, 3.63) is 0 Å². The summed E-state index contributed by atoms with van der Waals surface area (Å²) in [5, 5.41) is 10.5. The molecule has 0 aromatic heterocycles. The quantitative estimate of drug-likeness (QED) is 0.401. The molecule has 6 N–H and O–H groups in total. The third kappa shape index (κ3) is 4.41. The number of aliphatic carboxylic acids is 1. The maximum atomic E-state index is 11.0. The summed E-state index contributed by atoms with van der Waals surface area (Å²) in [4.78, 5) is 32.0. The van der Waals surface area contributed by atoms with Gasteiger partial charge < -0.3 is 21.9 Å². The van der Waals surface area contributed by atoms with Crippen LogP contribution in [-0.4, -0.2) is 35.0 Å². The fourth-order valence-corrected chi connectivity index (χ4v) is 0.701. The Hall–Kier alpha value is -1.63. The Morgan fingerprint density at radius 1 is 1.43 bits per heavy atom. The first-order chi connectivity index (χ1) is 6.34. The second kappa shape index (κ2) is 5.18. The van der Waals surface area contributed by atoms with Crippen molar-refractivity contribution in [2.45, 2.75) is 25.4 Å². The van der Waals surface area contributed by atoms with E-state index in [-0.39, 0.29) is 0 Å². The van der Waals surface area contributed by atoms with Gasteiger partial charge in [0.2, 0.25) is 11.8 Å². The molecule has 0 bridgehead atoms. The number of carboxylic acids is 1. The molecular weight excluding hydrogens is 190 g/mol. The van der Waals surface area contributed by atoms with E-state index in [1.54, 1.807) is 0 Å². The lowest BCUT2D eigenvalue weighted by Gasteiger charge is -2.14. The molecule has 0 saturated carbocycles. The van der Waals surface area contributed by atoms with Crippen LogP contribution in [0, 0.1) is 0 Å². The zero-order valence-corrected chi connectivity index (χ0v) is 7.69. The van der Waals surface area contributed by atoms with Crippen LogP contribution in [-0.2, 0) is 14.4 Å². The molecule has 0 spiro atoms. The first kappa shape index (κ1) is 12.4. The van der Waals surface area contributed by atoms with Gasteiger partial charge in [-0.25, -0.2) is 0 Å². The predicted octanol–water partition coefficient (Wildman–Crippen LogP) is -2.22. The van der Waals surface area contributed by atoms with E-state index in [1.165, 1.54) is 6.92 Å². The summed E-state index contributed by atoms with van der Waals surface area (Å²) in [6.45, 7) is 1.41. The molecule has 0 rings (SSSR count). The lowest BCUT2D eigenvalue weighted by molar-refractivity contribution is -0.140. The van der Waals surface area contributed by atoms with E-state index in [4.69, 9.17) is 16.6 Å². The van der Waals surface area contributed by atoms with E-state index in [0.717, 1.165) is 0 Å². The number of nitrogens with two attached hydrogens (primary N) is 2. The topological polar surface area (TPSA) is 136 Å². The molecule has 2 atom stereocenters. The lowest BCUT2D eigenvalue weighted by Crippen LogP contribution is -2.50. The Morgan fingerprint density at radius 2 is 1.93 bits per heavy atom. The van der Waals surface area contributed by atoms with Crippen LogP contribution in [0.4, 0.5) is 0 Å². The molecule has 0 aromatic rings. The van der Waals surface area contributed by atoms with Gasteiger partial charge in [0.1, 0.15) is 6.04 Å². The van der Waals surface area contributed by atoms with Crippen LogP contribution in [0.1, 0.15) is 13.3 Å². The minimum atomic E-state index is -1.22. The van der Waals surface area contributed by atoms with Crippen LogP contribution in [0.5, 0.6) is 0 Å². The van der Waals surface area contributed by atoms with E-state index >= 15 is 0 Å². The van der Waals surface area contributed by atoms with Gasteiger partial charge in [-0.3, -0.25) is 14.4 Å². The summed E-state index contributed by atoms with van der Waals surface area (Å²) >= 11 is 0. The molecule has 0 heterocycles. The highest BCUT2D eigenvalue weighted by Crippen LogP contribution is 1.92. The third-order valence-corrected chi connectivity index (χ3v) is 1.45. The minimum Gasteiger partial charge on any atom is -0.481 e. The zero-order chi connectivity index (χ0) is 11.3. The number of carboxylic acid groups (broad SMARTS) is 1. The van der Waals surface area contributed by atoms with Crippen molar-refractivity contribution in [3.8, 4) is 0 Å². The molecular formula is C7H13N3O4. The number of hydrogen-bond acceptors (Lipinski definition) is 4. The van der Waals surface area contributed by atoms with Gasteiger partial charge in [0.15, 0.2) is 0 Å². The molecule has 0 aromatic carbocycles. The van der Waals surface area contributed by atoms with Crippen molar-refractivity contribution in [3.63, 3.8) is 0 Å². The van der Waals surface area contributed by atoms with Gasteiger partial charge >= 0.3 is 5.97 Å². The van der Waals surface area contributed by atoms with E-state index in [1.807, 2.05) is 0 Å². The fraction of sp³-hybridized carbons (Fsp3) is 0.571. The molecule has 0 saturated heterocycles. The van der Waals surface area contributed by atoms with E-state index < -0.39 is 36.3 Å². The molecule has 0 aliphatic heterocycles. The van der Waals surface area contributed by atoms with Crippen molar-refractivity contribution in [2.24, 2.45) is 11.5 Å². The number of amides is 2. The van der Waals surface area contributed by atoms with Gasteiger partial charge in [-0.1, -0.05) is 0 Å². The average Bonchev–Trinajstić information content (AvgIpc) is 2.01. The second-order valence-electron chi connectivity index (χ2n) is 2.85. The maximum Gasteiger partial charge on any atom is 0.305 e. The van der Waals surface area contributed by atoms with Crippen LogP contribution >= 0.6 is 0 Å². The number of carbonyl (C=O) groups is 3. The summed E-state index contributed by atoms with van der Waals surface area (Å²) in [5.74, 6) is -2.74. The Balaban J connectivity index is 4.31. The normalized spacial score (nSPS) is 14.1. The molecule has 7 heteroatoms. The Kier molecular flexibility index (Phi) is 4.57. The summed E-state index contributed by atoms with van der Waals surface area (Å²) in [6, 6.07) is -2.03. The van der Waals surface area contributed by atoms with E-state index in [2.05, 4.69) is 5.32 Å². The number of rotatable bonds is 5. The summed E-state index contributed by atoms with van der Waals surface area (Å²) in [6.07, 6.45) is -0.548. The molecule has 0 aliphatic carbocycles. The monoisotopic (exact) mass is 203 g/mol. The van der Waals surface area contributed by atoms with Gasteiger partial charge in [-0.15, -0.1) is 0 Å². The highest BCUT2D eigenvalue weighted by Gasteiger charge is 2.22. The molecule has 0 radical (unpaired) electrons. The Bertz CT molecular complexity index is 251. The fourth-order valence-electron chi connectivity index (χ4n) is 0.701. The molecule has 0 fully saturated rings. The minimum absolute atomic E-state index is 0.548. The molecule has 14 heavy (non-hydrogen) atoms. The maximum absolute atomic E-state index is 11.0. The number of primary amides is 1. The zero-order valence-electron chi connectivity index (χ0n) is 7.69. The Labute approximate surface area is 80.4 Å². The van der Waals surface area contributed by atoms with Crippen LogP contribution in [0.3, 0.4) is 0 Å². The smallest absolute Gasteiger partial charge is 0.305 e. The van der Waals surface area contributed by atoms with Gasteiger partial charge in [-0.05, 0) is 6.92 Å². The number of nitrogens with one attached hydrogen (secondary N) is 1. The molecule has 2 amide bonds. The second-order valence-corrected chi connectivity index (χ2v) is 2.85. The van der Waals surface area contributed by atoms with Crippen LogP contribution in [0.25, 0.3) is 0 Å². The first-order valence-corrected chi connectivity index (χ1v) is 3.91. The number of carbonyl (C=O) groups excluding carboxylic acids is 2. The highest BCUT2D eigenvalue weighted by molar-refractivity contribution is 5.91. The van der Waals surface area contributed by atoms with Gasteiger partial charge in [0.25, 0.3) is 0 Å². The van der Waals surface area contributed by atoms with Crippen LogP contribution in [0.2, 0.25) is 0 Å². The van der Waals surface area contributed by atoms with Crippen molar-refractivity contribution in [1.82, 2.24) is 5.32 Å². The molecule has 1 unspecified atom stereocenters. The van der Waals surface area contributed by atoms with E-state index in [9.17, 15) is 14.4 Å². The summed E-state index contributed by atoms with van der Waals surface area (Å²) in [7, 11) is 0. The van der Waals surface area contributed by atoms with Gasteiger partial charge in [0, 0.05) is 0 Å². The number of hydrogen-bond donors (Lipinski definition) is 4. The summed E-state index contributed by atoms with van der Waals surface area (Å²) in [5.41, 5.74) is 10.1. The van der Waals surface area contributed by atoms with Crippen molar-refractivity contribution in [1.29, 1.82) is 0 Å².